The van der Waals surface area contributed by atoms with Crippen LogP contribution < -0.4 is 13.9 Å². The number of rotatable bonds is 6. The van der Waals surface area contributed by atoms with Crippen LogP contribution in [0.2, 0.25) is 0 Å². The quantitative estimate of drug-likeness (QED) is 0.321. The normalized spacial score (nSPS) is 10.4. The van der Waals surface area contributed by atoms with Gasteiger partial charge >= 0.3 is 45.6 Å². The van der Waals surface area contributed by atoms with Gasteiger partial charge in [0.2, 0.25) is 0 Å². The molecule has 0 saturated heterocycles. The van der Waals surface area contributed by atoms with Crippen LogP contribution in [0.15, 0.2) is 48.5 Å². The van der Waals surface area contributed by atoms with E-state index >= 15 is 0 Å². The SMILES string of the molecule is O=[N+]([O-])c1ccc(OP(=O)([O-])Oc2ccc([N+](=O)[O-])cc2)cc1.[Ca+2].[H-].[H-]. The fourth-order valence-corrected chi connectivity index (χ4v) is 2.33. The van der Waals surface area contributed by atoms with Gasteiger partial charge < -0.3 is 16.8 Å². The molecule has 0 spiro atoms. The summed E-state index contributed by atoms with van der Waals surface area (Å²) in [6.45, 7) is 0. The van der Waals surface area contributed by atoms with Crippen molar-refractivity contribution in [3.8, 4) is 11.5 Å². The van der Waals surface area contributed by atoms with E-state index in [1.54, 1.807) is 0 Å². The zero-order valence-corrected chi connectivity index (χ0v) is 15.0. The third kappa shape index (κ3) is 5.73. The zero-order chi connectivity index (χ0) is 17.0. The van der Waals surface area contributed by atoms with Crippen LogP contribution in [0, 0.1) is 20.2 Å². The van der Waals surface area contributed by atoms with E-state index in [4.69, 9.17) is 0 Å². The molecular weight excluding hydrogens is 371 g/mol. The Morgan fingerprint density at radius 3 is 1.33 bits per heavy atom. The molecule has 12 heteroatoms. The summed E-state index contributed by atoms with van der Waals surface area (Å²) in [5.74, 6) is -0.341. The molecule has 0 aromatic heterocycles. The van der Waals surface area contributed by atoms with Crippen LogP contribution in [0.4, 0.5) is 11.4 Å². The Hall–Kier alpha value is -1.71. The van der Waals surface area contributed by atoms with E-state index in [0.717, 1.165) is 48.5 Å². The minimum Gasteiger partial charge on any atom is -1.00 e. The molecule has 2 aromatic carbocycles. The number of hydrogen-bond acceptors (Lipinski definition) is 8. The van der Waals surface area contributed by atoms with Gasteiger partial charge in [-0.3, -0.25) is 20.2 Å². The maximum absolute atomic E-state index is 11.7. The Bertz CT molecular complexity index is 727. The van der Waals surface area contributed by atoms with Crippen molar-refractivity contribution >= 4 is 56.9 Å². The van der Waals surface area contributed by atoms with Crippen molar-refractivity contribution in [3.05, 3.63) is 68.8 Å². The molecule has 0 radical (unpaired) electrons. The molecule has 0 amide bonds. The Morgan fingerprint density at radius 2 is 1.08 bits per heavy atom. The first-order chi connectivity index (χ1) is 10.8. The van der Waals surface area contributed by atoms with Crippen molar-refractivity contribution < 1.29 is 31.2 Å². The van der Waals surface area contributed by atoms with E-state index in [1.807, 2.05) is 0 Å². The summed E-state index contributed by atoms with van der Waals surface area (Å²) in [7, 11) is -4.80. The molecule has 0 unspecified atom stereocenters. The minimum atomic E-state index is -4.80. The Labute approximate surface area is 167 Å². The van der Waals surface area contributed by atoms with E-state index in [2.05, 4.69) is 9.05 Å². The standard InChI is InChI=1S/C12H9N2O8P.Ca.2H/c15-13(16)9-1-5-11(6-2-9)21-23(19,20)22-12-7-3-10(4-8-12)14(17)18;;;/h1-8H,(H,19,20);;;/q;+2;2*-1/p-1. The average Bonchev–Trinajstić information content (AvgIpc) is 2.47. The second-order valence-corrected chi connectivity index (χ2v) is 5.39. The van der Waals surface area contributed by atoms with Gasteiger partial charge in [0, 0.05) is 24.3 Å². The number of phosphoric acid groups is 1. The molecule has 0 aliphatic heterocycles. The molecule has 2 aromatic rings. The summed E-state index contributed by atoms with van der Waals surface area (Å²) in [6, 6.07) is 8.68. The average molecular weight is 381 g/mol. The fraction of sp³-hybridized carbons (Fsp3) is 0. The number of nitrogens with zero attached hydrogens (tertiary/aromatic N) is 2. The van der Waals surface area contributed by atoms with Crippen molar-refractivity contribution in [3.63, 3.8) is 0 Å². The van der Waals surface area contributed by atoms with Gasteiger partial charge in [-0.05, 0) is 24.3 Å². The molecule has 24 heavy (non-hydrogen) atoms. The van der Waals surface area contributed by atoms with Gasteiger partial charge in [-0.25, -0.2) is 4.57 Å². The second-order valence-electron chi connectivity index (χ2n) is 4.13. The number of benzene rings is 2. The summed E-state index contributed by atoms with van der Waals surface area (Å²) in [6.07, 6.45) is 0. The summed E-state index contributed by atoms with van der Waals surface area (Å²) >= 11 is 0. The predicted octanol–water partition coefficient (Wildman–Crippen LogP) is 2.27. The Kier molecular flexibility index (Phi) is 7.12. The van der Waals surface area contributed by atoms with Crippen LogP contribution in [0.5, 0.6) is 11.5 Å². The number of nitro benzene ring substituents is 2. The van der Waals surface area contributed by atoms with Crippen LogP contribution >= 0.6 is 7.82 Å². The number of non-ortho nitro benzene ring substituents is 2. The maximum Gasteiger partial charge on any atom is 2.00 e. The van der Waals surface area contributed by atoms with E-state index < -0.39 is 17.7 Å². The maximum atomic E-state index is 11.7. The third-order valence-electron chi connectivity index (χ3n) is 2.53. The van der Waals surface area contributed by atoms with Crippen LogP contribution in [-0.4, -0.2) is 47.6 Å². The molecule has 0 atom stereocenters. The molecule has 2 rings (SSSR count). The summed E-state index contributed by atoms with van der Waals surface area (Å²) in [5, 5.41) is 21.0. The first-order valence-electron chi connectivity index (χ1n) is 5.96. The molecule has 0 saturated carbocycles. The van der Waals surface area contributed by atoms with Gasteiger partial charge in [-0.1, -0.05) is 0 Å². The number of hydrogen-bond donors (Lipinski definition) is 0. The van der Waals surface area contributed by atoms with Gasteiger partial charge in [0.25, 0.3) is 11.4 Å². The van der Waals surface area contributed by atoms with Gasteiger partial charge in [0.1, 0.15) is 11.5 Å². The molecule has 10 nitrogen and oxygen atoms in total. The fourth-order valence-electron chi connectivity index (χ4n) is 1.53. The van der Waals surface area contributed by atoms with Crippen LogP contribution in [0.1, 0.15) is 2.85 Å². The van der Waals surface area contributed by atoms with Crippen molar-refractivity contribution in [2.24, 2.45) is 0 Å². The van der Waals surface area contributed by atoms with Crippen molar-refractivity contribution in [2.45, 2.75) is 0 Å². The molecule has 0 bridgehead atoms. The van der Waals surface area contributed by atoms with Gasteiger partial charge in [0.15, 0.2) is 0 Å². The predicted molar refractivity (Wildman–Crippen MR) is 83.0 cm³/mol. The van der Waals surface area contributed by atoms with Crippen LogP contribution in [0.25, 0.3) is 0 Å². The van der Waals surface area contributed by atoms with Crippen molar-refractivity contribution in [1.82, 2.24) is 0 Å². The molecular formula is C12H10CaN2O8P-. The molecule has 124 valence electrons. The Morgan fingerprint density at radius 1 is 0.792 bits per heavy atom. The first kappa shape index (κ1) is 20.3. The van der Waals surface area contributed by atoms with Gasteiger partial charge in [-0.2, -0.15) is 0 Å². The number of nitro groups is 2. The number of phosphoric ester groups is 1. The van der Waals surface area contributed by atoms with Crippen LogP contribution in [-0.2, 0) is 4.57 Å². The molecule has 0 fully saturated rings. The first-order valence-corrected chi connectivity index (χ1v) is 7.42. The minimum absolute atomic E-state index is 0. The van der Waals surface area contributed by atoms with Crippen LogP contribution in [0.3, 0.4) is 0 Å². The smallest absolute Gasteiger partial charge is 1.00 e. The monoisotopic (exact) mass is 381 g/mol. The van der Waals surface area contributed by atoms with E-state index in [0.29, 0.717) is 0 Å². The molecule has 0 heterocycles. The summed E-state index contributed by atoms with van der Waals surface area (Å²) in [4.78, 5) is 31.4. The molecule has 0 N–H and O–H groups in total. The summed E-state index contributed by atoms with van der Waals surface area (Å²) < 4.78 is 21.0. The second kappa shape index (κ2) is 8.41. The Balaban J connectivity index is 0. The van der Waals surface area contributed by atoms with Gasteiger partial charge in [0.05, 0.1) is 9.85 Å². The van der Waals surface area contributed by atoms with E-state index in [-0.39, 0.29) is 63.5 Å². The largest absolute Gasteiger partial charge is 2.00 e. The third-order valence-corrected chi connectivity index (χ3v) is 3.40. The van der Waals surface area contributed by atoms with E-state index in [9.17, 15) is 29.7 Å². The van der Waals surface area contributed by atoms with E-state index in [1.165, 1.54) is 0 Å². The summed E-state index contributed by atoms with van der Waals surface area (Å²) in [5.41, 5.74) is -0.455. The molecule has 0 aliphatic rings. The molecule has 0 aliphatic carbocycles. The zero-order valence-electron chi connectivity index (χ0n) is 13.9. The van der Waals surface area contributed by atoms with Crippen molar-refractivity contribution in [1.29, 1.82) is 0 Å². The van der Waals surface area contributed by atoms with Crippen molar-refractivity contribution in [2.75, 3.05) is 0 Å². The topological polar surface area (TPSA) is 145 Å². The van der Waals surface area contributed by atoms with Gasteiger partial charge in [-0.15, -0.1) is 0 Å².